The molecule has 0 saturated heterocycles. The molecule has 0 aliphatic heterocycles. The zero-order valence-corrected chi connectivity index (χ0v) is 12.3. The zero-order chi connectivity index (χ0) is 12.7. The van der Waals surface area contributed by atoms with Gasteiger partial charge in [-0.2, -0.15) is 0 Å². The Morgan fingerprint density at radius 3 is 2.72 bits per heavy atom. The lowest BCUT2D eigenvalue weighted by Crippen LogP contribution is -1.98. The van der Waals surface area contributed by atoms with Crippen molar-refractivity contribution in [1.29, 1.82) is 0 Å². The van der Waals surface area contributed by atoms with E-state index in [0.717, 1.165) is 22.2 Å². The summed E-state index contributed by atoms with van der Waals surface area (Å²) in [7, 11) is 2.05. The summed E-state index contributed by atoms with van der Waals surface area (Å²) in [5.41, 5.74) is 2.19. The Balaban J connectivity index is 2.45. The Kier molecular flexibility index (Phi) is 3.04. The largest absolute Gasteiger partial charge is 0.331 e. The second-order valence-corrected chi connectivity index (χ2v) is 5.53. The number of halogens is 2. The van der Waals surface area contributed by atoms with Gasteiger partial charge in [-0.3, -0.25) is 0 Å². The highest BCUT2D eigenvalue weighted by Crippen LogP contribution is 2.31. The number of hydrogen-bond acceptors (Lipinski definition) is 1. The molecule has 0 atom stereocenters. The molecular formula is C14H12BrClN2. The van der Waals surface area contributed by atoms with Gasteiger partial charge in [-0.05, 0) is 11.5 Å². The summed E-state index contributed by atoms with van der Waals surface area (Å²) in [6.45, 7) is 0. The molecule has 0 amide bonds. The van der Waals surface area contributed by atoms with Gasteiger partial charge in [0.15, 0.2) is 0 Å². The minimum Gasteiger partial charge on any atom is -0.331 e. The van der Waals surface area contributed by atoms with Crippen LogP contribution in [-0.2, 0) is 13.5 Å². The van der Waals surface area contributed by atoms with E-state index in [1.54, 1.807) is 0 Å². The molecule has 0 saturated carbocycles. The third kappa shape index (κ3) is 1.73. The van der Waals surface area contributed by atoms with Crippen molar-refractivity contribution in [1.82, 2.24) is 9.55 Å². The average Bonchev–Trinajstić information content (AvgIpc) is 2.67. The average molecular weight is 324 g/mol. The van der Waals surface area contributed by atoms with Crippen molar-refractivity contribution in [2.75, 3.05) is 5.88 Å². The first kappa shape index (κ1) is 12.0. The van der Waals surface area contributed by atoms with Gasteiger partial charge in [0.2, 0.25) is 0 Å². The minimum atomic E-state index is 0.594. The van der Waals surface area contributed by atoms with Crippen LogP contribution in [0.3, 0.4) is 0 Å². The predicted octanol–water partition coefficient (Wildman–Crippen LogP) is 4.27. The Morgan fingerprint density at radius 1 is 1.28 bits per heavy atom. The van der Waals surface area contributed by atoms with E-state index in [-0.39, 0.29) is 0 Å². The fourth-order valence-electron chi connectivity index (χ4n) is 2.39. The van der Waals surface area contributed by atoms with Gasteiger partial charge >= 0.3 is 0 Å². The summed E-state index contributed by atoms with van der Waals surface area (Å²) in [6, 6.07) is 10.4. The van der Waals surface area contributed by atoms with Gasteiger partial charge in [-0.25, -0.2) is 4.98 Å². The molecule has 1 heterocycles. The highest BCUT2D eigenvalue weighted by molar-refractivity contribution is 9.10. The molecule has 3 rings (SSSR count). The van der Waals surface area contributed by atoms with Crippen molar-refractivity contribution in [3.8, 4) is 0 Å². The van der Waals surface area contributed by atoms with Crippen LogP contribution in [0, 0.1) is 0 Å². The number of benzene rings is 2. The summed E-state index contributed by atoms with van der Waals surface area (Å²) in [5.74, 6) is 1.62. The Hall–Kier alpha value is -1.06. The molecule has 0 aliphatic carbocycles. The molecule has 0 unspecified atom stereocenters. The smallest absolute Gasteiger partial charge is 0.110 e. The first-order valence-electron chi connectivity index (χ1n) is 5.81. The van der Waals surface area contributed by atoms with Crippen LogP contribution in [0.15, 0.2) is 34.8 Å². The maximum absolute atomic E-state index is 5.82. The quantitative estimate of drug-likeness (QED) is 0.644. The molecule has 0 fully saturated rings. The molecule has 4 heteroatoms. The molecule has 92 valence electrons. The fraction of sp³-hybridized carbons (Fsp3) is 0.214. The van der Waals surface area contributed by atoms with Crippen LogP contribution >= 0.6 is 27.5 Å². The Morgan fingerprint density at radius 2 is 2.00 bits per heavy atom. The van der Waals surface area contributed by atoms with E-state index >= 15 is 0 Å². The number of nitrogens with zero attached hydrogens (tertiary/aromatic N) is 2. The zero-order valence-electron chi connectivity index (χ0n) is 9.95. The summed E-state index contributed by atoms with van der Waals surface area (Å²) in [4.78, 5) is 4.66. The maximum atomic E-state index is 5.82. The van der Waals surface area contributed by atoms with Crippen molar-refractivity contribution in [3.05, 3.63) is 40.6 Å². The van der Waals surface area contributed by atoms with Gasteiger partial charge in [-0.1, -0.05) is 40.2 Å². The number of aromatic nitrogens is 2. The second-order valence-electron chi connectivity index (χ2n) is 4.30. The van der Waals surface area contributed by atoms with Crippen molar-refractivity contribution in [2.45, 2.75) is 6.42 Å². The number of hydrogen-bond donors (Lipinski definition) is 0. The molecule has 0 bridgehead atoms. The first-order chi connectivity index (χ1) is 8.72. The number of alkyl halides is 1. The van der Waals surface area contributed by atoms with Crippen molar-refractivity contribution in [2.24, 2.45) is 7.05 Å². The molecule has 2 nitrogen and oxygen atoms in total. The van der Waals surface area contributed by atoms with E-state index in [0.29, 0.717) is 5.88 Å². The summed E-state index contributed by atoms with van der Waals surface area (Å²) >= 11 is 9.44. The molecular weight excluding hydrogens is 312 g/mol. The summed E-state index contributed by atoms with van der Waals surface area (Å²) in [6.07, 6.45) is 0.790. The lowest BCUT2D eigenvalue weighted by molar-refractivity contribution is 0.833. The first-order valence-corrected chi connectivity index (χ1v) is 7.13. The molecule has 2 aromatic carbocycles. The molecule has 1 aromatic heterocycles. The minimum absolute atomic E-state index is 0.594. The number of rotatable bonds is 2. The van der Waals surface area contributed by atoms with Gasteiger partial charge in [0.25, 0.3) is 0 Å². The van der Waals surface area contributed by atoms with Crippen molar-refractivity contribution in [3.63, 3.8) is 0 Å². The number of imidazole rings is 1. The van der Waals surface area contributed by atoms with Crippen LogP contribution in [0.4, 0.5) is 0 Å². The van der Waals surface area contributed by atoms with Crippen LogP contribution in [0.1, 0.15) is 5.82 Å². The van der Waals surface area contributed by atoms with E-state index in [9.17, 15) is 0 Å². The predicted molar refractivity (Wildman–Crippen MR) is 80.3 cm³/mol. The van der Waals surface area contributed by atoms with Gasteiger partial charge in [-0.15, -0.1) is 11.6 Å². The van der Waals surface area contributed by atoms with Crippen molar-refractivity contribution < 1.29 is 0 Å². The topological polar surface area (TPSA) is 17.8 Å². The number of aryl methyl sites for hydroxylation is 2. The second kappa shape index (κ2) is 4.56. The van der Waals surface area contributed by atoms with E-state index < -0.39 is 0 Å². The van der Waals surface area contributed by atoms with Gasteiger partial charge in [0.05, 0.1) is 11.0 Å². The molecule has 0 N–H and O–H groups in total. The lowest BCUT2D eigenvalue weighted by atomic mass is 10.1. The third-order valence-electron chi connectivity index (χ3n) is 3.24. The fourth-order valence-corrected chi connectivity index (χ4v) is 3.12. The van der Waals surface area contributed by atoms with Gasteiger partial charge < -0.3 is 4.57 Å². The number of fused-ring (bicyclic) bond motifs is 3. The molecule has 0 aliphatic rings. The molecule has 3 aromatic rings. The molecule has 0 radical (unpaired) electrons. The van der Waals surface area contributed by atoms with Gasteiger partial charge in [0.1, 0.15) is 5.82 Å². The summed E-state index contributed by atoms with van der Waals surface area (Å²) < 4.78 is 3.23. The highest BCUT2D eigenvalue weighted by Gasteiger charge is 2.12. The van der Waals surface area contributed by atoms with E-state index in [2.05, 4.69) is 62.9 Å². The standard InChI is InChI=1S/C14H12BrClN2/c1-18-13(6-7-16)17-12-8-11(15)9-4-2-3-5-10(9)14(12)18/h2-5,8H,6-7H2,1H3. The lowest BCUT2D eigenvalue weighted by Gasteiger charge is -2.05. The van der Waals surface area contributed by atoms with Crippen LogP contribution in [0.25, 0.3) is 21.8 Å². The van der Waals surface area contributed by atoms with Crippen LogP contribution < -0.4 is 0 Å². The molecule has 0 spiro atoms. The van der Waals surface area contributed by atoms with Crippen molar-refractivity contribution >= 4 is 49.3 Å². The van der Waals surface area contributed by atoms with E-state index in [1.807, 2.05) is 0 Å². The van der Waals surface area contributed by atoms with Crippen LogP contribution in [0.2, 0.25) is 0 Å². The maximum Gasteiger partial charge on any atom is 0.110 e. The van der Waals surface area contributed by atoms with E-state index in [4.69, 9.17) is 11.6 Å². The normalized spacial score (nSPS) is 11.5. The Labute approximate surface area is 119 Å². The third-order valence-corrected chi connectivity index (χ3v) is 4.08. The van der Waals surface area contributed by atoms with Crippen LogP contribution in [-0.4, -0.2) is 15.4 Å². The molecule has 18 heavy (non-hydrogen) atoms. The SMILES string of the molecule is Cn1c(CCCl)nc2cc(Br)c3ccccc3c21. The van der Waals surface area contributed by atoms with Crippen LogP contribution in [0.5, 0.6) is 0 Å². The summed E-state index contributed by atoms with van der Waals surface area (Å²) in [5, 5.41) is 2.43. The Bertz CT molecular complexity index is 733. The van der Waals surface area contributed by atoms with Gasteiger partial charge in [0, 0.05) is 29.2 Å². The monoisotopic (exact) mass is 322 g/mol. The highest BCUT2D eigenvalue weighted by atomic mass is 79.9. The van der Waals surface area contributed by atoms with E-state index in [1.165, 1.54) is 16.3 Å².